The maximum atomic E-state index is 12.1. The summed E-state index contributed by atoms with van der Waals surface area (Å²) in [5.41, 5.74) is 0. The fraction of sp³-hybridized carbons (Fsp3) is 0. The Morgan fingerprint density at radius 1 is 1.05 bits per heavy atom. The molecular formula is C13H11NO3S3. The predicted octanol–water partition coefficient (Wildman–Crippen LogP) is 2.97. The average molecular weight is 325 g/mol. The van der Waals surface area contributed by atoms with Gasteiger partial charge in [-0.15, -0.1) is 12.6 Å². The number of ether oxygens (including phenoxy) is 1. The lowest BCUT2D eigenvalue weighted by molar-refractivity contribution is 0.467. The van der Waals surface area contributed by atoms with Gasteiger partial charge in [-0.2, -0.15) is 0 Å². The molecule has 0 aliphatic carbocycles. The first-order valence-corrected chi connectivity index (χ1v) is 7.90. The van der Waals surface area contributed by atoms with E-state index >= 15 is 0 Å². The Hall–Kier alpha value is -1.57. The van der Waals surface area contributed by atoms with Crippen molar-refractivity contribution in [2.45, 2.75) is 4.90 Å². The van der Waals surface area contributed by atoms with E-state index < -0.39 is 10.0 Å². The Balaban J connectivity index is 2.39. The summed E-state index contributed by atoms with van der Waals surface area (Å²) >= 11 is 8.43. The van der Waals surface area contributed by atoms with Crippen LogP contribution < -0.4 is 9.46 Å². The van der Waals surface area contributed by atoms with E-state index in [1.165, 1.54) is 6.07 Å². The van der Waals surface area contributed by atoms with Crippen molar-refractivity contribution in [1.82, 2.24) is 4.72 Å². The van der Waals surface area contributed by atoms with Gasteiger partial charge < -0.3 is 4.74 Å². The minimum atomic E-state index is -3.80. The second kappa shape index (κ2) is 6.25. The number of benzene rings is 2. The van der Waals surface area contributed by atoms with Gasteiger partial charge in [0.05, 0.1) is 0 Å². The Kier molecular flexibility index (Phi) is 4.64. The molecule has 0 spiro atoms. The van der Waals surface area contributed by atoms with E-state index in [-0.39, 0.29) is 15.0 Å². The average Bonchev–Trinajstić information content (AvgIpc) is 2.39. The summed E-state index contributed by atoms with van der Waals surface area (Å²) in [7, 11) is -3.80. The molecule has 0 aliphatic rings. The molecule has 0 amide bonds. The zero-order valence-corrected chi connectivity index (χ0v) is 12.7. The number of sulfonamides is 1. The number of thiol groups is 1. The van der Waals surface area contributed by atoms with Gasteiger partial charge in [0.15, 0.2) is 0 Å². The van der Waals surface area contributed by atoms with E-state index in [4.69, 9.17) is 4.74 Å². The number of hydrogen-bond acceptors (Lipinski definition) is 4. The van der Waals surface area contributed by atoms with Gasteiger partial charge in [0.25, 0.3) is 10.0 Å². The number of hydrogen-bond donors (Lipinski definition) is 2. The minimum Gasteiger partial charge on any atom is -0.456 e. The largest absolute Gasteiger partial charge is 0.456 e. The first kappa shape index (κ1) is 14.8. The second-order valence-electron chi connectivity index (χ2n) is 3.77. The summed E-state index contributed by atoms with van der Waals surface area (Å²) in [5.74, 6) is 0.763. The molecule has 7 heteroatoms. The van der Waals surface area contributed by atoms with E-state index in [1.54, 1.807) is 42.5 Å². The smallest absolute Gasteiger partial charge is 0.266 e. The standard InChI is InChI=1S/C13H11NO3S3/c15-20(16,14-13(18)19)12-9-5-4-8-11(12)17-10-6-2-1-3-7-10/h1-9H,(H2,14,18,19). The van der Waals surface area contributed by atoms with Crippen molar-refractivity contribution < 1.29 is 13.2 Å². The van der Waals surface area contributed by atoms with Crippen LogP contribution in [-0.2, 0) is 10.0 Å². The van der Waals surface area contributed by atoms with Crippen LogP contribution >= 0.6 is 24.8 Å². The van der Waals surface area contributed by atoms with Crippen LogP contribution in [0.25, 0.3) is 0 Å². The highest BCUT2D eigenvalue weighted by molar-refractivity contribution is 8.12. The maximum absolute atomic E-state index is 12.1. The molecule has 2 rings (SSSR count). The van der Waals surface area contributed by atoms with E-state index in [9.17, 15) is 8.42 Å². The molecule has 0 unspecified atom stereocenters. The van der Waals surface area contributed by atoms with Crippen LogP contribution in [0.4, 0.5) is 0 Å². The van der Waals surface area contributed by atoms with Gasteiger partial charge in [-0.1, -0.05) is 42.5 Å². The summed E-state index contributed by atoms with van der Waals surface area (Å²) in [6.45, 7) is 0. The first-order valence-electron chi connectivity index (χ1n) is 5.57. The minimum absolute atomic E-state index is 0.000234. The van der Waals surface area contributed by atoms with Crippen molar-refractivity contribution in [1.29, 1.82) is 0 Å². The van der Waals surface area contributed by atoms with Gasteiger partial charge in [0.1, 0.15) is 20.7 Å². The second-order valence-corrected chi connectivity index (χ2v) is 6.58. The van der Waals surface area contributed by atoms with Gasteiger partial charge in [-0.25, -0.2) is 8.42 Å². The Labute approximate surface area is 128 Å². The molecule has 0 aliphatic heterocycles. The SMILES string of the molecule is O=S(=O)(NC(=S)S)c1ccccc1Oc1ccccc1. The molecule has 4 nitrogen and oxygen atoms in total. The third-order valence-corrected chi connectivity index (χ3v) is 4.21. The van der Waals surface area contributed by atoms with Crippen LogP contribution in [0.2, 0.25) is 0 Å². The van der Waals surface area contributed by atoms with Gasteiger partial charge in [-0.3, -0.25) is 4.72 Å². The van der Waals surface area contributed by atoms with Crippen molar-refractivity contribution >= 4 is 39.2 Å². The van der Waals surface area contributed by atoms with E-state index in [0.29, 0.717) is 5.75 Å². The quantitative estimate of drug-likeness (QED) is 0.670. The third-order valence-electron chi connectivity index (χ3n) is 2.33. The predicted molar refractivity (Wildman–Crippen MR) is 84.9 cm³/mol. The molecule has 0 saturated heterocycles. The molecular weight excluding hydrogens is 314 g/mol. The summed E-state index contributed by atoms with van der Waals surface area (Å²) < 4.78 is 31.9. The molecule has 0 radical (unpaired) electrons. The monoisotopic (exact) mass is 325 g/mol. The number of rotatable bonds is 4. The fourth-order valence-electron chi connectivity index (χ4n) is 1.54. The van der Waals surface area contributed by atoms with Crippen molar-refractivity contribution in [3.63, 3.8) is 0 Å². The molecule has 2 aromatic carbocycles. The normalized spacial score (nSPS) is 10.8. The van der Waals surface area contributed by atoms with Crippen LogP contribution in [0.1, 0.15) is 0 Å². The van der Waals surface area contributed by atoms with Crippen LogP contribution in [-0.4, -0.2) is 12.7 Å². The van der Waals surface area contributed by atoms with Crippen molar-refractivity contribution in [3.8, 4) is 11.5 Å². The molecule has 0 bridgehead atoms. The maximum Gasteiger partial charge on any atom is 0.266 e. The third kappa shape index (κ3) is 3.72. The highest BCUT2D eigenvalue weighted by Crippen LogP contribution is 2.28. The van der Waals surface area contributed by atoms with Gasteiger partial charge >= 0.3 is 0 Å². The highest BCUT2D eigenvalue weighted by Gasteiger charge is 2.19. The Morgan fingerprint density at radius 2 is 1.65 bits per heavy atom. The first-order chi connectivity index (χ1) is 9.49. The summed E-state index contributed by atoms with van der Waals surface area (Å²) in [5, 5.41) is 0. The molecule has 0 atom stereocenters. The summed E-state index contributed by atoms with van der Waals surface area (Å²) in [6.07, 6.45) is 0. The fourth-order valence-corrected chi connectivity index (χ4v) is 3.20. The highest BCUT2D eigenvalue weighted by atomic mass is 32.2. The Bertz CT molecular complexity index is 715. The van der Waals surface area contributed by atoms with Crippen LogP contribution in [0.5, 0.6) is 11.5 Å². The number of para-hydroxylation sites is 2. The molecule has 1 N–H and O–H groups in total. The topological polar surface area (TPSA) is 55.4 Å². The van der Waals surface area contributed by atoms with Gasteiger partial charge in [0, 0.05) is 0 Å². The van der Waals surface area contributed by atoms with E-state index in [2.05, 4.69) is 29.6 Å². The number of thiocarbonyl (C=S) groups is 1. The summed E-state index contributed by atoms with van der Waals surface area (Å²) in [6, 6.07) is 15.2. The van der Waals surface area contributed by atoms with Crippen LogP contribution in [0, 0.1) is 0 Å². The lowest BCUT2D eigenvalue weighted by atomic mass is 10.3. The Morgan fingerprint density at radius 3 is 2.30 bits per heavy atom. The zero-order chi connectivity index (χ0) is 14.6. The molecule has 20 heavy (non-hydrogen) atoms. The molecule has 2 aromatic rings. The van der Waals surface area contributed by atoms with E-state index in [0.717, 1.165) is 0 Å². The van der Waals surface area contributed by atoms with E-state index in [1.807, 2.05) is 6.07 Å². The lowest BCUT2D eigenvalue weighted by Crippen LogP contribution is -2.26. The lowest BCUT2D eigenvalue weighted by Gasteiger charge is -2.12. The molecule has 0 fully saturated rings. The zero-order valence-electron chi connectivity index (χ0n) is 10.2. The summed E-state index contributed by atoms with van der Waals surface area (Å²) in [4.78, 5) is 0.000234. The molecule has 104 valence electrons. The molecule has 0 saturated carbocycles. The van der Waals surface area contributed by atoms with Crippen molar-refractivity contribution in [3.05, 3.63) is 54.6 Å². The number of nitrogens with one attached hydrogen (secondary N) is 1. The van der Waals surface area contributed by atoms with Crippen LogP contribution in [0.15, 0.2) is 59.5 Å². The van der Waals surface area contributed by atoms with Crippen molar-refractivity contribution in [2.24, 2.45) is 0 Å². The molecule has 0 aromatic heterocycles. The molecule has 0 heterocycles. The van der Waals surface area contributed by atoms with Crippen molar-refractivity contribution in [2.75, 3.05) is 0 Å². The van der Waals surface area contributed by atoms with Crippen LogP contribution in [0.3, 0.4) is 0 Å². The van der Waals surface area contributed by atoms with Gasteiger partial charge in [0.2, 0.25) is 0 Å². The van der Waals surface area contributed by atoms with Gasteiger partial charge in [-0.05, 0) is 24.3 Å².